The summed E-state index contributed by atoms with van der Waals surface area (Å²) in [5, 5.41) is 7.98. The van der Waals surface area contributed by atoms with Crippen LogP contribution in [0.25, 0.3) is 0 Å². The number of aryl methyl sites for hydroxylation is 1. The number of furan rings is 1. The molecule has 98 valence electrons. The second-order valence-electron chi connectivity index (χ2n) is 4.56. The predicted octanol–water partition coefficient (Wildman–Crippen LogP) is 3.35. The molecule has 2 aromatic heterocycles. The fourth-order valence-electron chi connectivity index (χ4n) is 2.25. The number of carbonyl (C=O) groups is 1. The van der Waals surface area contributed by atoms with Crippen molar-refractivity contribution in [2.45, 2.75) is 26.3 Å². The summed E-state index contributed by atoms with van der Waals surface area (Å²) < 4.78 is 5.65. The molecule has 19 heavy (non-hydrogen) atoms. The third kappa shape index (κ3) is 2.21. The van der Waals surface area contributed by atoms with Crippen LogP contribution in [0.1, 0.15) is 35.8 Å². The molecule has 0 fully saturated rings. The monoisotopic (exact) mass is 274 g/mol. The Morgan fingerprint density at radius 2 is 2.32 bits per heavy atom. The highest BCUT2D eigenvalue weighted by atomic mass is 32.1. The molecule has 1 aliphatic heterocycles. The van der Waals surface area contributed by atoms with Crippen molar-refractivity contribution in [1.82, 2.24) is 5.01 Å². The van der Waals surface area contributed by atoms with Crippen molar-refractivity contribution >= 4 is 23.0 Å². The molecular formula is C14H14N2O2S. The Morgan fingerprint density at radius 1 is 1.47 bits per heavy atom. The van der Waals surface area contributed by atoms with E-state index >= 15 is 0 Å². The second-order valence-corrected chi connectivity index (χ2v) is 5.50. The fourth-order valence-corrected chi connectivity index (χ4v) is 2.97. The standard InChI is InChI=1S/C14H14N2O2S/c1-9-5-6-13(18-9)12-8-11(14-4-3-7-19-14)15-16(12)10(2)17/h3-7,12H,8H2,1-2H3/t12-/m1/s1. The number of nitrogens with zero attached hydrogens (tertiary/aromatic N) is 2. The van der Waals surface area contributed by atoms with Gasteiger partial charge in [0, 0.05) is 13.3 Å². The molecule has 0 spiro atoms. The predicted molar refractivity (Wildman–Crippen MR) is 74.2 cm³/mol. The van der Waals surface area contributed by atoms with Crippen LogP contribution < -0.4 is 0 Å². The van der Waals surface area contributed by atoms with E-state index in [1.54, 1.807) is 11.3 Å². The number of rotatable bonds is 2. The number of carbonyl (C=O) groups excluding carboxylic acids is 1. The van der Waals surface area contributed by atoms with Crippen molar-refractivity contribution in [2.75, 3.05) is 0 Å². The van der Waals surface area contributed by atoms with Gasteiger partial charge in [0.2, 0.25) is 5.91 Å². The summed E-state index contributed by atoms with van der Waals surface area (Å²) in [6.07, 6.45) is 0.701. The Labute approximate surface area is 115 Å². The van der Waals surface area contributed by atoms with Crippen molar-refractivity contribution in [3.63, 3.8) is 0 Å². The maximum absolute atomic E-state index is 11.7. The Kier molecular flexibility index (Phi) is 2.98. The van der Waals surface area contributed by atoms with Crippen LogP contribution >= 0.6 is 11.3 Å². The van der Waals surface area contributed by atoms with E-state index in [9.17, 15) is 4.79 Å². The van der Waals surface area contributed by atoms with E-state index in [0.29, 0.717) is 6.42 Å². The normalized spacial score (nSPS) is 18.7. The minimum absolute atomic E-state index is 0.0643. The minimum Gasteiger partial charge on any atom is -0.464 e. The summed E-state index contributed by atoms with van der Waals surface area (Å²) in [4.78, 5) is 12.8. The zero-order valence-electron chi connectivity index (χ0n) is 10.8. The lowest BCUT2D eigenvalue weighted by Gasteiger charge is -2.17. The molecule has 3 rings (SSSR count). The zero-order valence-corrected chi connectivity index (χ0v) is 11.6. The first-order chi connectivity index (χ1) is 9.15. The van der Waals surface area contributed by atoms with Crippen LogP contribution in [0.3, 0.4) is 0 Å². The van der Waals surface area contributed by atoms with E-state index in [4.69, 9.17) is 4.42 Å². The molecule has 0 saturated carbocycles. The summed E-state index contributed by atoms with van der Waals surface area (Å²) in [5.74, 6) is 1.58. The Bertz CT molecular complexity index is 628. The van der Waals surface area contributed by atoms with Gasteiger partial charge in [-0.25, -0.2) is 5.01 Å². The van der Waals surface area contributed by atoms with Crippen LogP contribution in [-0.4, -0.2) is 16.6 Å². The topological polar surface area (TPSA) is 45.8 Å². The van der Waals surface area contributed by atoms with Crippen LogP contribution in [0.2, 0.25) is 0 Å². The molecule has 3 heterocycles. The molecule has 5 heteroatoms. The van der Waals surface area contributed by atoms with Gasteiger partial charge in [0.1, 0.15) is 17.6 Å². The maximum atomic E-state index is 11.7. The SMILES string of the molecule is CC(=O)N1N=C(c2cccs2)C[C@@H]1c1ccc(C)o1. The third-order valence-corrected chi connectivity index (χ3v) is 4.05. The molecule has 2 aromatic rings. The van der Waals surface area contributed by atoms with Gasteiger partial charge in [-0.05, 0) is 30.5 Å². The van der Waals surface area contributed by atoms with Crippen LogP contribution in [0.4, 0.5) is 0 Å². The summed E-state index contributed by atoms with van der Waals surface area (Å²) >= 11 is 1.64. The average molecular weight is 274 g/mol. The summed E-state index contributed by atoms with van der Waals surface area (Å²) in [7, 11) is 0. The lowest BCUT2D eigenvalue weighted by molar-refractivity contribution is -0.130. The molecule has 4 nitrogen and oxygen atoms in total. The largest absolute Gasteiger partial charge is 0.464 e. The van der Waals surface area contributed by atoms with Gasteiger partial charge in [0.25, 0.3) is 0 Å². The first-order valence-corrected chi connectivity index (χ1v) is 7.00. The first-order valence-electron chi connectivity index (χ1n) is 6.12. The Hall–Kier alpha value is -1.88. The fraction of sp³-hybridized carbons (Fsp3) is 0.286. The lowest BCUT2D eigenvalue weighted by Crippen LogP contribution is -2.23. The second kappa shape index (κ2) is 4.66. The van der Waals surface area contributed by atoms with Gasteiger partial charge in [-0.3, -0.25) is 4.79 Å². The quantitative estimate of drug-likeness (QED) is 0.843. The number of hydrazone groups is 1. The van der Waals surface area contributed by atoms with Crippen molar-refractivity contribution < 1.29 is 9.21 Å². The molecular weight excluding hydrogens is 260 g/mol. The number of amides is 1. The molecule has 0 aliphatic carbocycles. The molecule has 1 atom stereocenters. The van der Waals surface area contributed by atoms with E-state index < -0.39 is 0 Å². The molecule has 0 bridgehead atoms. The van der Waals surface area contributed by atoms with Gasteiger partial charge >= 0.3 is 0 Å². The van der Waals surface area contributed by atoms with Gasteiger partial charge in [0.15, 0.2) is 0 Å². The minimum atomic E-state index is -0.122. The summed E-state index contributed by atoms with van der Waals surface area (Å²) in [5.41, 5.74) is 0.948. The first kappa shape index (κ1) is 12.2. The lowest BCUT2D eigenvalue weighted by atomic mass is 10.1. The van der Waals surface area contributed by atoms with Crippen LogP contribution in [0, 0.1) is 6.92 Å². The highest BCUT2D eigenvalue weighted by Gasteiger charge is 2.33. The van der Waals surface area contributed by atoms with Crippen molar-refractivity contribution in [2.24, 2.45) is 5.10 Å². The molecule has 0 radical (unpaired) electrons. The van der Waals surface area contributed by atoms with Gasteiger partial charge in [-0.15, -0.1) is 11.3 Å². The van der Waals surface area contributed by atoms with Gasteiger partial charge in [-0.1, -0.05) is 6.07 Å². The summed E-state index contributed by atoms with van der Waals surface area (Å²) in [6.45, 7) is 3.43. The molecule has 0 saturated heterocycles. The molecule has 0 unspecified atom stereocenters. The molecule has 1 amide bonds. The number of thiophene rings is 1. The van der Waals surface area contributed by atoms with Crippen LogP contribution in [0.15, 0.2) is 39.2 Å². The van der Waals surface area contributed by atoms with Gasteiger partial charge < -0.3 is 4.42 Å². The van der Waals surface area contributed by atoms with E-state index in [2.05, 4.69) is 5.10 Å². The number of hydrogen-bond donors (Lipinski definition) is 0. The highest BCUT2D eigenvalue weighted by Crippen LogP contribution is 2.34. The Morgan fingerprint density at radius 3 is 2.89 bits per heavy atom. The summed E-state index contributed by atoms with van der Waals surface area (Å²) in [6, 6.07) is 7.73. The smallest absolute Gasteiger partial charge is 0.240 e. The van der Waals surface area contributed by atoms with E-state index in [1.807, 2.05) is 36.6 Å². The van der Waals surface area contributed by atoms with E-state index in [0.717, 1.165) is 22.1 Å². The Balaban J connectivity index is 1.93. The van der Waals surface area contributed by atoms with Gasteiger partial charge in [-0.2, -0.15) is 5.10 Å². The molecule has 1 aliphatic rings. The molecule has 0 N–H and O–H groups in total. The maximum Gasteiger partial charge on any atom is 0.240 e. The zero-order chi connectivity index (χ0) is 13.4. The average Bonchev–Trinajstić information content (AvgIpc) is 3.07. The number of hydrogen-bond acceptors (Lipinski definition) is 4. The van der Waals surface area contributed by atoms with E-state index in [-0.39, 0.29) is 11.9 Å². The highest BCUT2D eigenvalue weighted by molar-refractivity contribution is 7.12. The molecule has 0 aromatic carbocycles. The van der Waals surface area contributed by atoms with Crippen LogP contribution in [0.5, 0.6) is 0 Å². The van der Waals surface area contributed by atoms with Crippen LogP contribution in [-0.2, 0) is 4.79 Å². The van der Waals surface area contributed by atoms with Crippen molar-refractivity contribution in [1.29, 1.82) is 0 Å². The van der Waals surface area contributed by atoms with Gasteiger partial charge in [0.05, 0.1) is 10.6 Å². The van der Waals surface area contributed by atoms with Crippen molar-refractivity contribution in [3.05, 3.63) is 46.0 Å². The van der Waals surface area contributed by atoms with E-state index in [1.165, 1.54) is 11.9 Å². The van der Waals surface area contributed by atoms with Crippen molar-refractivity contribution in [3.8, 4) is 0 Å². The third-order valence-electron chi connectivity index (χ3n) is 3.13.